The zero-order valence-electron chi connectivity index (χ0n) is 23.6. The third-order valence-electron chi connectivity index (χ3n) is 5.43. The van der Waals surface area contributed by atoms with Crippen LogP contribution in [0.15, 0.2) is 73.3 Å². The summed E-state index contributed by atoms with van der Waals surface area (Å²) in [5, 5.41) is 11.0. The van der Waals surface area contributed by atoms with Crippen molar-refractivity contribution in [3.63, 3.8) is 0 Å². The molecular formula is C33H52N2O6. The molecule has 0 bridgehead atoms. The summed E-state index contributed by atoms with van der Waals surface area (Å²) in [6, 6.07) is 19.4. The number of Topliss-reactive ketones (excluding diaryl/α,β-unsaturated/α-hetero) is 1. The molecule has 0 amide bonds. The molecule has 0 atom stereocenters. The normalized spacial score (nSPS) is 9.37. The lowest BCUT2D eigenvalue weighted by Gasteiger charge is -2.15. The first-order valence-electron chi connectivity index (χ1n) is 13.1. The van der Waals surface area contributed by atoms with Crippen molar-refractivity contribution in [3.8, 4) is 0 Å². The van der Waals surface area contributed by atoms with E-state index in [0.29, 0.717) is 32.1 Å². The lowest BCUT2D eigenvalue weighted by Crippen LogP contribution is -2.24. The van der Waals surface area contributed by atoms with Crippen molar-refractivity contribution in [1.82, 2.24) is 10.2 Å². The molecule has 2 N–H and O–H groups in total. The van der Waals surface area contributed by atoms with Gasteiger partial charge in [-0.2, -0.15) is 0 Å². The predicted molar refractivity (Wildman–Crippen MR) is 168 cm³/mol. The highest BCUT2D eigenvalue weighted by molar-refractivity contribution is 5.90. The number of hydrogen-bond acceptors (Lipinski definition) is 7. The topological polar surface area (TPSA) is 113 Å². The van der Waals surface area contributed by atoms with Crippen LogP contribution >= 0.6 is 0 Å². The van der Waals surface area contributed by atoms with Crippen LogP contribution < -0.4 is 5.32 Å². The second kappa shape index (κ2) is 27.9. The van der Waals surface area contributed by atoms with Gasteiger partial charge in [0.05, 0.1) is 7.11 Å². The van der Waals surface area contributed by atoms with E-state index in [-0.39, 0.29) is 38.8 Å². The van der Waals surface area contributed by atoms with Crippen molar-refractivity contribution < 1.29 is 29.0 Å². The van der Waals surface area contributed by atoms with Gasteiger partial charge in [0.25, 0.3) is 0 Å². The molecule has 2 aromatic carbocycles. The van der Waals surface area contributed by atoms with Gasteiger partial charge in [0.1, 0.15) is 5.78 Å². The second-order valence-electron chi connectivity index (χ2n) is 8.87. The fourth-order valence-corrected chi connectivity index (χ4v) is 3.22. The van der Waals surface area contributed by atoms with E-state index in [1.165, 1.54) is 13.2 Å². The molecule has 0 saturated carbocycles. The Morgan fingerprint density at radius 2 is 1.39 bits per heavy atom. The van der Waals surface area contributed by atoms with Crippen molar-refractivity contribution in [2.45, 2.75) is 59.8 Å². The zero-order chi connectivity index (χ0) is 29.3. The van der Waals surface area contributed by atoms with Crippen LogP contribution in [-0.2, 0) is 36.8 Å². The Kier molecular flexibility index (Phi) is 28.5. The third kappa shape index (κ3) is 26.4. The summed E-state index contributed by atoms with van der Waals surface area (Å²) in [4.78, 5) is 45.6. The van der Waals surface area contributed by atoms with Crippen LogP contribution in [0.25, 0.3) is 0 Å². The molecule has 2 aromatic rings. The Labute approximate surface area is 247 Å². The van der Waals surface area contributed by atoms with Gasteiger partial charge < -0.3 is 20.1 Å². The number of carboxylic acid groups (broad SMARTS) is 1. The van der Waals surface area contributed by atoms with Gasteiger partial charge in [0.15, 0.2) is 5.78 Å². The number of nitrogens with zero attached hydrogens (tertiary/aromatic N) is 1. The SMILES string of the molecule is C.C.C=CC(=O)Cc1ccccc1.CNCCCC(=O)O.COC(=O)CCCN(C)CCC(=O)Cc1ccccc1. The van der Waals surface area contributed by atoms with Gasteiger partial charge in [-0.1, -0.05) is 82.1 Å². The molecule has 0 unspecified atom stereocenters. The smallest absolute Gasteiger partial charge is 0.305 e. The number of nitrogens with one attached hydrogen (secondary N) is 1. The van der Waals surface area contributed by atoms with Crippen molar-refractivity contribution in [2.24, 2.45) is 0 Å². The molecule has 0 aliphatic heterocycles. The van der Waals surface area contributed by atoms with E-state index >= 15 is 0 Å². The summed E-state index contributed by atoms with van der Waals surface area (Å²) in [6.07, 6.45) is 5.03. The Hall–Kier alpha value is -3.62. The van der Waals surface area contributed by atoms with Gasteiger partial charge in [-0.25, -0.2) is 0 Å². The first kappa shape index (κ1) is 41.9. The van der Waals surface area contributed by atoms with E-state index in [2.05, 4.69) is 21.5 Å². The summed E-state index contributed by atoms with van der Waals surface area (Å²) >= 11 is 0. The third-order valence-corrected chi connectivity index (χ3v) is 5.43. The van der Waals surface area contributed by atoms with Gasteiger partial charge >= 0.3 is 11.9 Å². The number of ketones is 2. The van der Waals surface area contributed by atoms with E-state index in [9.17, 15) is 19.2 Å². The van der Waals surface area contributed by atoms with E-state index in [1.807, 2.05) is 74.8 Å². The number of methoxy groups -OCH3 is 1. The molecule has 8 nitrogen and oxygen atoms in total. The van der Waals surface area contributed by atoms with Crippen LogP contribution in [0.4, 0.5) is 0 Å². The average molecular weight is 573 g/mol. The maximum atomic E-state index is 11.8. The molecule has 41 heavy (non-hydrogen) atoms. The van der Waals surface area contributed by atoms with Crippen molar-refractivity contribution >= 4 is 23.5 Å². The van der Waals surface area contributed by atoms with Gasteiger partial charge in [-0.15, -0.1) is 0 Å². The van der Waals surface area contributed by atoms with Gasteiger partial charge in [-0.05, 0) is 57.2 Å². The summed E-state index contributed by atoms with van der Waals surface area (Å²) in [7, 11) is 5.17. The lowest BCUT2D eigenvalue weighted by molar-refractivity contribution is -0.141. The lowest BCUT2D eigenvalue weighted by atomic mass is 10.1. The van der Waals surface area contributed by atoms with Crippen LogP contribution in [0.1, 0.15) is 58.1 Å². The molecule has 0 fully saturated rings. The molecule has 8 heteroatoms. The first-order valence-corrected chi connectivity index (χ1v) is 13.1. The van der Waals surface area contributed by atoms with E-state index in [0.717, 1.165) is 37.2 Å². The number of benzene rings is 2. The Morgan fingerprint density at radius 1 is 0.854 bits per heavy atom. The van der Waals surface area contributed by atoms with E-state index < -0.39 is 5.97 Å². The summed E-state index contributed by atoms with van der Waals surface area (Å²) in [5.41, 5.74) is 2.10. The van der Waals surface area contributed by atoms with E-state index in [4.69, 9.17) is 5.11 Å². The highest BCUT2D eigenvalue weighted by Gasteiger charge is 2.07. The average Bonchev–Trinajstić information content (AvgIpc) is 2.93. The summed E-state index contributed by atoms with van der Waals surface area (Å²) in [5.74, 6) is -0.592. The molecule has 0 spiro atoms. The fourth-order valence-electron chi connectivity index (χ4n) is 3.22. The largest absolute Gasteiger partial charge is 0.481 e. The standard InChI is InChI=1S/C16H23NO3.C10H10O.C5H11NO2.2CH4/c1-17(11-6-9-16(19)20-2)12-10-15(18)13-14-7-4-3-5-8-14;1-2-10(11)8-9-6-4-3-5-7-9;1-6-4-2-3-5(7)8;;/h3-5,7-8H,6,9-13H2,1-2H3;2-7H,1,8H2;6H,2-4H2,1H3,(H,7,8);2*1H4. The molecular weight excluding hydrogens is 520 g/mol. The van der Waals surface area contributed by atoms with Gasteiger partial charge in [0.2, 0.25) is 0 Å². The molecule has 230 valence electrons. The minimum absolute atomic E-state index is 0. The molecule has 0 aliphatic carbocycles. The van der Waals surface area contributed by atoms with Crippen LogP contribution in [0.3, 0.4) is 0 Å². The minimum Gasteiger partial charge on any atom is -0.481 e. The maximum Gasteiger partial charge on any atom is 0.305 e. The number of carbonyl (C=O) groups is 4. The molecule has 0 saturated heterocycles. The number of aliphatic carboxylic acids is 1. The minimum atomic E-state index is -0.722. The molecule has 0 radical (unpaired) electrons. The number of hydrogen-bond donors (Lipinski definition) is 2. The summed E-state index contributed by atoms with van der Waals surface area (Å²) < 4.78 is 4.59. The predicted octanol–water partition coefficient (Wildman–Crippen LogP) is 5.40. The zero-order valence-corrected chi connectivity index (χ0v) is 23.6. The highest BCUT2D eigenvalue weighted by Crippen LogP contribution is 2.03. The number of ether oxygens (including phenoxy) is 1. The second-order valence-corrected chi connectivity index (χ2v) is 8.87. The number of esters is 1. The number of carboxylic acids is 1. The molecule has 0 heterocycles. The van der Waals surface area contributed by atoms with Crippen LogP contribution in [0, 0.1) is 0 Å². The van der Waals surface area contributed by atoms with Crippen molar-refractivity contribution in [3.05, 3.63) is 84.4 Å². The highest BCUT2D eigenvalue weighted by atomic mass is 16.5. The molecule has 2 rings (SSSR count). The quantitative estimate of drug-likeness (QED) is 0.156. The van der Waals surface area contributed by atoms with Crippen LogP contribution in [0.5, 0.6) is 0 Å². The van der Waals surface area contributed by atoms with E-state index in [1.54, 1.807) is 0 Å². The Morgan fingerprint density at radius 3 is 1.85 bits per heavy atom. The fraction of sp³-hybridized carbons (Fsp3) is 0.455. The number of rotatable bonds is 16. The van der Waals surface area contributed by atoms with Crippen molar-refractivity contribution in [1.29, 1.82) is 0 Å². The van der Waals surface area contributed by atoms with Crippen molar-refractivity contribution in [2.75, 3.05) is 40.8 Å². The van der Waals surface area contributed by atoms with Crippen LogP contribution in [-0.4, -0.2) is 74.4 Å². The molecule has 0 aromatic heterocycles. The number of allylic oxidation sites excluding steroid dienone is 1. The maximum absolute atomic E-state index is 11.8. The summed E-state index contributed by atoms with van der Waals surface area (Å²) in [6.45, 7) is 5.72. The monoisotopic (exact) mass is 572 g/mol. The molecule has 0 aliphatic rings. The Balaban J connectivity index is -0.000000582. The Bertz CT molecular complexity index is 964. The number of carbonyl (C=O) groups excluding carboxylic acids is 3. The van der Waals surface area contributed by atoms with Gasteiger partial charge in [0, 0.05) is 38.6 Å². The first-order chi connectivity index (χ1) is 18.7. The van der Waals surface area contributed by atoms with Crippen LogP contribution in [0.2, 0.25) is 0 Å². The van der Waals surface area contributed by atoms with Gasteiger partial charge in [-0.3, -0.25) is 19.2 Å².